The van der Waals surface area contributed by atoms with Crippen LogP contribution in [0, 0.1) is 3.83 Å². The maximum Gasteiger partial charge on any atom is 0.459 e. The summed E-state index contributed by atoms with van der Waals surface area (Å²) in [6, 6.07) is 6.71. The van der Waals surface area contributed by atoms with E-state index < -0.39 is 50.4 Å². The van der Waals surface area contributed by atoms with Crippen LogP contribution < -0.4 is 20.1 Å². The van der Waals surface area contributed by atoms with E-state index in [1.807, 2.05) is 22.6 Å². The number of nitrogens with two attached hydrogens (primary N) is 1. The number of carbonyl (C=O) groups is 1. The van der Waals surface area contributed by atoms with Crippen LogP contribution >= 0.6 is 30.3 Å². The molecule has 4 rings (SSSR count). The monoisotopic (exact) mass is 664 g/mol. The molecule has 0 amide bonds. The van der Waals surface area contributed by atoms with Gasteiger partial charge in [-0.15, -0.1) is 0 Å². The van der Waals surface area contributed by atoms with Crippen molar-refractivity contribution in [3.8, 4) is 11.6 Å². The van der Waals surface area contributed by atoms with Crippen LogP contribution in [0.15, 0.2) is 30.3 Å². The van der Waals surface area contributed by atoms with Crippen molar-refractivity contribution >= 4 is 53.4 Å². The van der Waals surface area contributed by atoms with Crippen molar-refractivity contribution in [2.75, 3.05) is 19.5 Å². The first-order valence-corrected chi connectivity index (χ1v) is 13.8. The number of ether oxygens (including phenoxy) is 2. The molecule has 0 bridgehead atoms. The molecule has 0 aliphatic carbocycles. The van der Waals surface area contributed by atoms with E-state index in [0.29, 0.717) is 3.83 Å². The van der Waals surface area contributed by atoms with Gasteiger partial charge in [-0.25, -0.2) is 9.55 Å². The molecule has 0 radical (unpaired) electrons. The van der Waals surface area contributed by atoms with Crippen molar-refractivity contribution < 1.29 is 43.2 Å². The lowest BCUT2D eigenvalue weighted by Crippen LogP contribution is -2.44. The van der Waals surface area contributed by atoms with Gasteiger partial charge >= 0.3 is 13.7 Å². The van der Waals surface area contributed by atoms with Crippen LogP contribution in [0.3, 0.4) is 0 Å². The zero-order valence-corrected chi connectivity index (χ0v) is 23.4. The topological polar surface area (TPSA) is 213 Å². The zero-order chi connectivity index (χ0) is 27.8. The van der Waals surface area contributed by atoms with E-state index in [0.717, 1.165) is 0 Å². The van der Waals surface area contributed by atoms with Crippen LogP contribution in [0.5, 0.6) is 11.6 Å². The Morgan fingerprint density at radius 3 is 2.66 bits per heavy atom. The van der Waals surface area contributed by atoms with Gasteiger partial charge in [-0.3, -0.25) is 13.9 Å². The third kappa shape index (κ3) is 5.56. The molecule has 1 aliphatic heterocycles. The number of imidazole rings is 1. The summed E-state index contributed by atoms with van der Waals surface area (Å²) in [5, 5.41) is 33.8. The maximum atomic E-state index is 13.5. The van der Waals surface area contributed by atoms with Crippen molar-refractivity contribution in [3.05, 3.63) is 34.2 Å². The summed E-state index contributed by atoms with van der Waals surface area (Å²) >= 11 is 1.90. The van der Waals surface area contributed by atoms with Gasteiger partial charge < -0.3 is 35.1 Å². The predicted molar refractivity (Wildman–Crippen MR) is 140 cm³/mol. The number of benzene rings is 1. The lowest BCUT2D eigenvalue weighted by atomic mass is 9.96. The molecule has 0 saturated carbocycles. The minimum atomic E-state index is -4.30. The second kappa shape index (κ2) is 10.9. The van der Waals surface area contributed by atoms with Gasteiger partial charge in [-0.1, -0.05) is 18.2 Å². The Balaban J connectivity index is 1.61. The standard InChI is InChI=1S/C21H26IN6O9P/c1-10(17(30)31)27-38(33,37-11-7-5-4-6-8-11)35-9-12-14(29)21(2,32)18(36-12)28-15-13(24-19(28)22)16(34-3)26-20(23)25-15/h4-8,10,12,14,18,29,32H,9H2,1-3H3,(H,27,33)(H,30,31)(H2,23,25,26)/t10?,12-,14-,18-,21-,38?/m1/s1. The molecule has 1 saturated heterocycles. The van der Waals surface area contributed by atoms with E-state index in [1.165, 1.54) is 37.7 Å². The number of anilines is 1. The van der Waals surface area contributed by atoms with Crippen LogP contribution in [0.1, 0.15) is 20.1 Å². The number of carboxylic acid groups (broad SMARTS) is 1. The van der Waals surface area contributed by atoms with E-state index in [-0.39, 0.29) is 28.7 Å². The minimum absolute atomic E-state index is 0.109. The molecule has 0 spiro atoms. The first kappa shape index (κ1) is 28.4. The average Bonchev–Trinajstić information content (AvgIpc) is 3.29. The van der Waals surface area contributed by atoms with Crippen LogP contribution in [-0.4, -0.2) is 78.4 Å². The van der Waals surface area contributed by atoms with Gasteiger partial charge in [0, 0.05) is 22.6 Å². The Bertz CT molecular complexity index is 1370. The number of para-hydroxylation sites is 1. The number of halogens is 1. The minimum Gasteiger partial charge on any atom is -0.480 e. The summed E-state index contributed by atoms with van der Waals surface area (Å²) in [5.74, 6) is -1.13. The van der Waals surface area contributed by atoms with Crippen LogP contribution in [0.2, 0.25) is 0 Å². The van der Waals surface area contributed by atoms with Gasteiger partial charge in [-0.05, 0) is 26.0 Å². The molecule has 17 heteroatoms. The number of methoxy groups -OCH3 is 1. The fourth-order valence-electron chi connectivity index (χ4n) is 3.82. The molecule has 6 atom stereocenters. The molecule has 2 aromatic heterocycles. The van der Waals surface area contributed by atoms with Gasteiger partial charge in [0.05, 0.1) is 13.7 Å². The summed E-state index contributed by atoms with van der Waals surface area (Å²) in [7, 11) is -2.91. The summed E-state index contributed by atoms with van der Waals surface area (Å²) < 4.78 is 37.4. The first-order chi connectivity index (χ1) is 17.9. The number of hydrogen-bond acceptors (Lipinski definition) is 12. The highest BCUT2D eigenvalue weighted by molar-refractivity contribution is 14.1. The molecular weight excluding hydrogens is 638 g/mol. The molecule has 2 unspecified atom stereocenters. The van der Waals surface area contributed by atoms with Crippen molar-refractivity contribution in [1.82, 2.24) is 24.6 Å². The fraction of sp³-hybridized carbons (Fsp3) is 0.429. The van der Waals surface area contributed by atoms with E-state index in [1.54, 1.807) is 18.2 Å². The normalized spacial score (nSPS) is 25.7. The highest BCUT2D eigenvalue weighted by atomic mass is 127. The quantitative estimate of drug-likeness (QED) is 0.117. The Labute approximate surface area is 230 Å². The van der Waals surface area contributed by atoms with Crippen LogP contribution in [0.25, 0.3) is 11.2 Å². The van der Waals surface area contributed by atoms with Gasteiger partial charge in [0.15, 0.2) is 21.2 Å². The van der Waals surface area contributed by atoms with E-state index in [9.17, 15) is 24.7 Å². The number of aliphatic hydroxyl groups is 2. The Morgan fingerprint density at radius 2 is 2.03 bits per heavy atom. The summed E-state index contributed by atoms with van der Waals surface area (Å²) in [6.07, 6.45) is -4.00. The third-order valence-electron chi connectivity index (χ3n) is 5.76. The molecule has 3 aromatic rings. The van der Waals surface area contributed by atoms with Crippen LogP contribution in [0.4, 0.5) is 5.95 Å². The van der Waals surface area contributed by atoms with E-state index in [2.05, 4.69) is 20.0 Å². The summed E-state index contributed by atoms with van der Waals surface area (Å²) in [6.45, 7) is 2.07. The molecule has 1 fully saturated rings. The number of fused-ring (bicyclic) bond motifs is 1. The van der Waals surface area contributed by atoms with Crippen molar-refractivity contribution in [2.24, 2.45) is 0 Å². The van der Waals surface area contributed by atoms with Crippen LogP contribution in [-0.2, 0) is 18.6 Å². The van der Waals surface area contributed by atoms with E-state index >= 15 is 0 Å². The number of aliphatic carboxylic acids is 1. The Morgan fingerprint density at radius 1 is 1.34 bits per heavy atom. The predicted octanol–water partition coefficient (Wildman–Crippen LogP) is 1.30. The zero-order valence-electron chi connectivity index (χ0n) is 20.4. The fourth-order valence-corrected chi connectivity index (χ4v) is 6.05. The molecule has 15 nitrogen and oxygen atoms in total. The van der Waals surface area contributed by atoms with Crippen molar-refractivity contribution in [1.29, 1.82) is 0 Å². The lowest BCUT2D eigenvalue weighted by Gasteiger charge is -2.28. The molecule has 6 N–H and O–H groups in total. The lowest BCUT2D eigenvalue weighted by molar-refractivity contribution is -0.138. The van der Waals surface area contributed by atoms with Gasteiger partial charge in [0.25, 0.3) is 0 Å². The number of nitrogens with zero attached hydrogens (tertiary/aromatic N) is 4. The third-order valence-corrected chi connectivity index (χ3v) is 8.17. The number of nitrogen functional groups attached to an aromatic ring is 1. The number of aromatic nitrogens is 4. The molecule has 3 heterocycles. The SMILES string of the molecule is COc1nc(N)nc2c1nc(I)n2[C@@H]1O[C@H](COP(=O)(NC(C)C(=O)O)Oc2ccccc2)[C@@H](O)[C@@]1(C)O. The highest BCUT2D eigenvalue weighted by Crippen LogP contribution is 2.47. The van der Waals surface area contributed by atoms with Gasteiger partial charge in [0.2, 0.25) is 11.8 Å². The number of aliphatic hydroxyl groups excluding tert-OH is 1. The summed E-state index contributed by atoms with van der Waals surface area (Å²) in [4.78, 5) is 23.9. The molecule has 1 aromatic carbocycles. The number of hydrogen-bond donors (Lipinski definition) is 5. The van der Waals surface area contributed by atoms with Crippen molar-refractivity contribution in [2.45, 2.75) is 43.9 Å². The van der Waals surface area contributed by atoms with Crippen molar-refractivity contribution in [3.63, 3.8) is 0 Å². The second-order valence-electron chi connectivity index (χ2n) is 8.60. The first-order valence-electron chi connectivity index (χ1n) is 11.2. The second-order valence-corrected chi connectivity index (χ2v) is 11.3. The smallest absolute Gasteiger partial charge is 0.459 e. The number of nitrogens with one attached hydrogen (secondary N) is 1. The summed E-state index contributed by atoms with van der Waals surface area (Å²) in [5.41, 5.74) is 4.35. The average molecular weight is 664 g/mol. The molecule has 38 heavy (non-hydrogen) atoms. The number of rotatable bonds is 10. The van der Waals surface area contributed by atoms with Gasteiger partial charge in [0.1, 0.15) is 29.6 Å². The van der Waals surface area contributed by atoms with E-state index in [4.69, 9.17) is 24.3 Å². The molecular formula is C21H26IN6O9P. The largest absolute Gasteiger partial charge is 0.480 e. The molecule has 206 valence electrons. The molecule has 1 aliphatic rings. The number of carboxylic acids is 1. The Hall–Kier alpha value is -2.60. The van der Waals surface area contributed by atoms with Gasteiger partial charge in [-0.2, -0.15) is 15.1 Å². The maximum absolute atomic E-state index is 13.5. The Kier molecular flexibility index (Phi) is 8.13. The highest BCUT2D eigenvalue weighted by Gasteiger charge is 2.54.